The highest BCUT2D eigenvalue weighted by molar-refractivity contribution is 5.60. The van der Waals surface area contributed by atoms with E-state index >= 15 is 0 Å². The van der Waals surface area contributed by atoms with E-state index < -0.39 is 0 Å². The maximum absolute atomic E-state index is 5.42. The molecule has 0 saturated heterocycles. The van der Waals surface area contributed by atoms with Gasteiger partial charge < -0.3 is 14.6 Å². The highest BCUT2D eigenvalue weighted by atomic mass is 16.3. The number of nitrogens with zero attached hydrogens (tertiary/aromatic N) is 3. The second-order valence-corrected chi connectivity index (χ2v) is 5.48. The van der Waals surface area contributed by atoms with Gasteiger partial charge >= 0.3 is 0 Å². The van der Waals surface area contributed by atoms with Crippen molar-refractivity contribution in [3.63, 3.8) is 0 Å². The summed E-state index contributed by atoms with van der Waals surface area (Å²) in [6.07, 6.45) is 4.39. The van der Waals surface area contributed by atoms with Crippen LogP contribution >= 0.6 is 0 Å². The highest BCUT2D eigenvalue weighted by Gasteiger charge is 2.18. The first kappa shape index (κ1) is 15.4. The van der Waals surface area contributed by atoms with Crippen LogP contribution in [0.3, 0.4) is 0 Å². The lowest BCUT2D eigenvalue weighted by Gasteiger charge is -2.23. The Kier molecular flexibility index (Phi) is 5.20. The van der Waals surface area contributed by atoms with E-state index in [0.717, 1.165) is 35.9 Å². The number of hydrogen-bond acceptors (Lipinski definition) is 5. The molecule has 5 nitrogen and oxygen atoms in total. The number of aromatic nitrogens is 2. The van der Waals surface area contributed by atoms with Gasteiger partial charge in [0, 0.05) is 19.2 Å². The van der Waals surface area contributed by atoms with Crippen LogP contribution in [0.4, 0.5) is 11.6 Å². The summed E-state index contributed by atoms with van der Waals surface area (Å²) in [6.45, 7) is 8.09. The fourth-order valence-corrected chi connectivity index (χ4v) is 2.32. The molecule has 2 aromatic rings. The minimum absolute atomic E-state index is 0.347. The summed E-state index contributed by atoms with van der Waals surface area (Å²) in [5.74, 6) is 3.16. The molecule has 5 heteroatoms. The Labute approximate surface area is 126 Å². The van der Waals surface area contributed by atoms with Crippen LogP contribution < -0.4 is 10.2 Å². The molecule has 0 radical (unpaired) electrons. The molecule has 0 aliphatic carbocycles. The van der Waals surface area contributed by atoms with Crippen LogP contribution in [0.2, 0.25) is 0 Å². The number of rotatable bonds is 7. The predicted molar refractivity (Wildman–Crippen MR) is 85.7 cm³/mol. The van der Waals surface area contributed by atoms with E-state index in [9.17, 15) is 0 Å². The van der Waals surface area contributed by atoms with Gasteiger partial charge in [-0.15, -0.1) is 0 Å². The Hall–Kier alpha value is -2.04. The molecule has 0 aromatic carbocycles. The van der Waals surface area contributed by atoms with Gasteiger partial charge in [-0.05, 0) is 24.5 Å². The van der Waals surface area contributed by atoms with Gasteiger partial charge in [0.1, 0.15) is 23.7 Å². The van der Waals surface area contributed by atoms with E-state index in [1.54, 1.807) is 12.6 Å². The van der Waals surface area contributed by atoms with Crippen LogP contribution in [0.25, 0.3) is 0 Å². The normalized spacial score (nSPS) is 10.9. The Bertz CT molecular complexity index is 551. The van der Waals surface area contributed by atoms with Gasteiger partial charge in [0.25, 0.3) is 0 Å². The van der Waals surface area contributed by atoms with Gasteiger partial charge in [-0.3, -0.25) is 0 Å². The zero-order valence-electron chi connectivity index (χ0n) is 13.3. The molecule has 0 aliphatic rings. The van der Waals surface area contributed by atoms with E-state index in [-0.39, 0.29) is 0 Å². The summed E-state index contributed by atoms with van der Waals surface area (Å²) in [4.78, 5) is 11.0. The highest BCUT2D eigenvalue weighted by Crippen LogP contribution is 2.30. The van der Waals surface area contributed by atoms with Gasteiger partial charge in [0.15, 0.2) is 0 Å². The number of nitrogens with one attached hydrogen (secondary N) is 1. The fourth-order valence-electron chi connectivity index (χ4n) is 2.32. The quantitative estimate of drug-likeness (QED) is 0.842. The van der Waals surface area contributed by atoms with Gasteiger partial charge in [-0.2, -0.15) is 0 Å². The van der Waals surface area contributed by atoms with Gasteiger partial charge in [0.2, 0.25) is 0 Å². The van der Waals surface area contributed by atoms with E-state index in [4.69, 9.17) is 4.42 Å². The molecule has 2 aromatic heterocycles. The van der Waals surface area contributed by atoms with Crippen molar-refractivity contribution in [2.24, 2.45) is 0 Å². The first-order chi connectivity index (χ1) is 10.1. The molecule has 0 fully saturated rings. The first-order valence-electron chi connectivity index (χ1n) is 7.45. The zero-order valence-corrected chi connectivity index (χ0v) is 13.3. The molecule has 1 N–H and O–H groups in total. The summed E-state index contributed by atoms with van der Waals surface area (Å²) >= 11 is 0. The fraction of sp³-hybridized carbons (Fsp3) is 0.500. The average molecular weight is 288 g/mol. The van der Waals surface area contributed by atoms with Gasteiger partial charge in [0.05, 0.1) is 12.8 Å². The Balaban J connectivity index is 2.28. The predicted octanol–water partition coefficient (Wildman–Crippen LogP) is 3.65. The largest absolute Gasteiger partial charge is 0.467 e. The third kappa shape index (κ3) is 3.74. The van der Waals surface area contributed by atoms with Crippen molar-refractivity contribution in [1.29, 1.82) is 0 Å². The van der Waals surface area contributed by atoms with Crippen LogP contribution in [0.15, 0.2) is 29.1 Å². The maximum Gasteiger partial charge on any atom is 0.137 e. The van der Waals surface area contributed by atoms with Crippen LogP contribution in [-0.2, 0) is 6.54 Å². The Morgan fingerprint density at radius 2 is 2.14 bits per heavy atom. The molecule has 0 spiro atoms. The third-order valence-electron chi connectivity index (χ3n) is 3.32. The maximum atomic E-state index is 5.42. The minimum Gasteiger partial charge on any atom is -0.467 e. The van der Waals surface area contributed by atoms with E-state index in [2.05, 4.69) is 41.0 Å². The summed E-state index contributed by atoms with van der Waals surface area (Å²) < 4.78 is 5.42. The van der Waals surface area contributed by atoms with Crippen molar-refractivity contribution in [3.05, 3.63) is 36.0 Å². The summed E-state index contributed by atoms with van der Waals surface area (Å²) in [6, 6.07) is 3.88. The summed E-state index contributed by atoms with van der Waals surface area (Å²) in [7, 11) is 2.03. The molecule has 21 heavy (non-hydrogen) atoms. The standard InChI is InChI=1S/C16H24N4O/c1-5-8-17-15-14(12(2)3)16(19-11-18-15)20(4)10-13-7-6-9-21-13/h6-7,9,11-12H,5,8,10H2,1-4H3,(H,17,18,19). The van der Waals surface area contributed by atoms with Crippen molar-refractivity contribution >= 4 is 11.6 Å². The van der Waals surface area contributed by atoms with Gasteiger partial charge in [-0.25, -0.2) is 9.97 Å². The van der Waals surface area contributed by atoms with Gasteiger partial charge in [-0.1, -0.05) is 20.8 Å². The molecule has 114 valence electrons. The van der Waals surface area contributed by atoms with Crippen molar-refractivity contribution in [1.82, 2.24) is 9.97 Å². The molecule has 2 heterocycles. The lowest BCUT2D eigenvalue weighted by molar-refractivity contribution is 0.506. The lowest BCUT2D eigenvalue weighted by Crippen LogP contribution is -2.21. The monoisotopic (exact) mass is 288 g/mol. The van der Waals surface area contributed by atoms with Crippen LogP contribution in [-0.4, -0.2) is 23.6 Å². The van der Waals surface area contributed by atoms with Crippen LogP contribution in [0.1, 0.15) is 44.4 Å². The number of anilines is 2. The molecule has 0 bridgehead atoms. The van der Waals surface area contributed by atoms with Crippen molar-refractivity contribution in [3.8, 4) is 0 Å². The van der Waals surface area contributed by atoms with Crippen molar-refractivity contribution in [2.45, 2.75) is 39.7 Å². The average Bonchev–Trinajstić information content (AvgIpc) is 2.97. The summed E-state index contributed by atoms with van der Waals surface area (Å²) in [5, 5.41) is 3.40. The van der Waals surface area contributed by atoms with Crippen molar-refractivity contribution < 1.29 is 4.42 Å². The van der Waals surface area contributed by atoms with E-state index in [1.165, 1.54) is 0 Å². The molecular formula is C16H24N4O. The molecule has 0 amide bonds. The molecule has 0 aliphatic heterocycles. The van der Waals surface area contributed by atoms with E-state index in [1.807, 2.05) is 19.2 Å². The van der Waals surface area contributed by atoms with Crippen molar-refractivity contribution in [2.75, 3.05) is 23.8 Å². The summed E-state index contributed by atoms with van der Waals surface area (Å²) in [5.41, 5.74) is 1.15. The zero-order chi connectivity index (χ0) is 15.2. The molecule has 0 saturated carbocycles. The second-order valence-electron chi connectivity index (χ2n) is 5.48. The molecule has 0 unspecified atom stereocenters. The lowest BCUT2D eigenvalue weighted by atomic mass is 10.0. The van der Waals surface area contributed by atoms with Crippen LogP contribution in [0.5, 0.6) is 0 Å². The SMILES string of the molecule is CCCNc1ncnc(N(C)Cc2ccco2)c1C(C)C. The first-order valence-corrected chi connectivity index (χ1v) is 7.45. The van der Waals surface area contributed by atoms with E-state index in [0.29, 0.717) is 12.5 Å². The Morgan fingerprint density at radius 3 is 2.76 bits per heavy atom. The molecule has 0 atom stereocenters. The Morgan fingerprint density at radius 1 is 1.33 bits per heavy atom. The topological polar surface area (TPSA) is 54.2 Å². The second kappa shape index (κ2) is 7.11. The third-order valence-corrected chi connectivity index (χ3v) is 3.32. The smallest absolute Gasteiger partial charge is 0.137 e. The minimum atomic E-state index is 0.347. The van der Waals surface area contributed by atoms with Crippen LogP contribution in [0, 0.1) is 0 Å². The molecule has 2 rings (SSSR count). The number of hydrogen-bond donors (Lipinski definition) is 1. The number of furan rings is 1. The molecular weight excluding hydrogens is 264 g/mol.